The van der Waals surface area contributed by atoms with E-state index in [1.165, 1.54) is 32.1 Å². The van der Waals surface area contributed by atoms with Crippen LogP contribution in [0, 0.1) is 0 Å². The van der Waals surface area contributed by atoms with Crippen LogP contribution in [0.3, 0.4) is 0 Å². The molecule has 1 heterocycles. The van der Waals surface area contributed by atoms with Gasteiger partial charge in [0.2, 0.25) is 0 Å². The highest BCUT2D eigenvalue weighted by Gasteiger charge is 2.28. The summed E-state index contributed by atoms with van der Waals surface area (Å²) < 4.78 is 11.3. The highest BCUT2D eigenvalue weighted by atomic mass is 32.2. The van der Waals surface area contributed by atoms with E-state index in [2.05, 4.69) is 4.90 Å². The fourth-order valence-electron chi connectivity index (χ4n) is 2.75. The predicted molar refractivity (Wildman–Crippen MR) is 64.3 cm³/mol. The van der Waals surface area contributed by atoms with E-state index in [1.807, 2.05) is 0 Å². The van der Waals surface area contributed by atoms with Gasteiger partial charge in [-0.3, -0.25) is 9.11 Å². The minimum absolute atomic E-state index is 0.346. The van der Waals surface area contributed by atoms with Gasteiger partial charge < -0.3 is 5.73 Å². The van der Waals surface area contributed by atoms with Gasteiger partial charge in [-0.2, -0.15) is 0 Å². The molecule has 0 radical (unpaired) electrons. The minimum Gasteiger partial charge on any atom is -0.326 e. The summed E-state index contributed by atoms with van der Waals surface area (Å²) in [6, 6.07) is 0.906. The van der Waals surface area contributed by atoms with Crippen molar-refractivity contribution >= 4 is 10.8 Å². The zero-order valence-electron chi connectivity index (χ0n) is 9.36. The molecule has 0 aromatic rings. The van der Waals surface area contributed by atoms with E-state index in [9.17, 15) is 4.21 Å². The van der Waals surface area contributed by atoms with Gasteiger partial charge in [-0.15, -0.1) is 0 Å². The summed E-state index contributed by atoms with van der Waals surface area (Å²) in [4.78, 5) is 2.48. The Labute approximate surface area is 94.9 Å². The second-order valence-electron chi connectivity index (χ2n) is 4.75. The third kappa shape index (κ3) is 3.02. The number of nitrogens with zero attached hydrogens (tertiary/aromatic N) is 1. The SMILES string of the molecule is NC1CCCCCC1N1CCS(=O)CC1. The summed E-state index contributed by atoms with van der Waals surface area (Å²) >= 11 is 0. The van der Waals surface area contributed by atoms with E-state index in [0.29, 0.717) is 12.1 Å². The lowest BCUT2D eigenvalue weighted by Gasteiger charge is -2.36. The topological polar surface area (TPSA) is 46.3 Å². The predicted octanol–water partition coefficient (Wildman–Crippen LogP) is 0.711. The molecule has 2 atom stereocenters. The molecule has 3 nitrogen and oxygen atoms in total. The van der Waals surface area contributed by atoms with Gasteiger partial charge in [-0.05, 0) is 12.8 Å². The maximum Gasteiger partial charge on any atom is 0.0363 e. The molecule has 1 aliphatic carbocycles. The highest BCUT2D eigenvalue weighted by molar-refractivity contribution is 7.85. The molecule has 2 unspecified atom stereocenters. The molecule has 15 heavy (non-hydrogen) atoms. The first-order valence-corrected chi connectivity index (χ1v) is 7.61. The zero-order chi connectivity index (χ0) is 10.7. The van der Waals surface area contributed by atoms with E-state index in [-0.39, 0.29) is 0 Å². The van der Waals surface area contributed by atoms with Crippen LogP contribution in [-0.4, -0.2) is 45.8 Å². The van der Waals surface area contributed by atoms with E-state index < -0.39 is 10.8 Å². The Morgan fingerprint density at radius 1 is 1.07 bits per heavy atom. The van der Waals surface area contributed by atoms with Gasteiger partial charge in [0, 0.05) is 47.5 Å². The van der Waals surface area contributed by atoms with Crippen molar-refractivity contribution in [2.45, 2.75) is 44.2 Å². The van der Waals surface area contributed by atoms with Crippen LogP contribution in [0.25, 0.3) is 0 Å². The van der Waals surface area contributed by atoms with Crippen LogP contribution in [0.4, 0.5) is 0 Å². The van der Waals surface area contributed by atoms with Gasteiger partial charge in [0.25, 0.3) is 0 Å². The number of hydrogen-bond acceptors (Lipinski definition) is 3. The van der Waals surface area contributed by atoms with Crippen molar-refractivity contribution in [3.05, 3.63) is 0 Å². The summed E-state index contributed by atoms with van der Waals surface area (Å²) in [6.07, 6.45) is 6.36. The van der Waals surface area contributed by atoms with Crippen LogP contribution in [0.15, 0.2) is 0 Å². The first-order chi connectivity index (χ1) is 7.27. The Kier molecular flexibility index (Phi) is 4.17. The van der Waals surface area contributed by atoms with Crippen molar-refractivity contribution < 1.29 is 4.21 Å². The average molecular weight is 230 g/mol. The standard InChI is InChI=1S/C11H22N2OS/c12-10-4-2-1-3-5-11(10)13-6-8-15(14)9-7-13/h10-11H,1-9,12H2. The van der Waals surface area contributed by atoms with Gasteiger partial charge in [0.15, 0.2) is 0 Å². The molecular formula is C11H22N2OS. The maximum absolute atomic E-state index is 11.3. The molecule has 2 rings (SSSR count). The molecular weight excluding hydrogens is 208 g/mol. The maximum atomic E-state index is 11.3. The monoisotopic (exact) mass is 230 g/mol. The fraction of sp³-hybridized carbons (Fsp3) is 1.00. The highest BCUT2D eigenvalue weighted by Crippen LogP contribution is 2.22. The summed E-state index contributed by atoms with van der Waals surface area (Å²) in [6.45, 7) is 1.98. The summed E-state index contributed by atoms with van der Waals surface area (Å²) in [7, 11) is -0.563. The van der Waals surface area contributed by atoms with Crippen LogP contribution in [0.5, 0.6) is 0 Å². The molecule has 0 spiro atoms. The Hall–Kier alpha value is 0.0700. The molecule has 0 amide bonds. The first-order valence-electron chi connectivity index (χ1n) is 6.12. The lowest BCUT2D eigenvalue weighted by atomic mass is 10.0. The van der Waals surface area contributed by atoms with Crippen LogP contribution in [0.1, 0.15) is 32.1 Å². The summed E-state index contributed by atoms with van der Waals surface area (Å²) in [5.41, 5.74) is 6.23. The molecule has 1 aliphatic heterocycles. The van der Waals surface area contributed by atoms with Crippen LogP contribution in [-0.2, 0) is 10.8 Å². The smallest absolute Gasteiger partial charge is 0.0363 e. The molecule has 1 saturated heterocycles. The van der Waals surface area contributed by atoms with E-state index in [4.69, 9.17) is 5.73 Å². The van der Waals surface area contributed by atoms with Crippen LogP contribution < -0.4 is 5.73 Å². The molecule has 2 aliphatic rings. The number of hydrogen-bond donors (Lipinski definition) is 1. The van der Waals surface area contributed by atoms with Crippen molar-refractivity contribution in [2.75, 3.05) is 24.6 Å². The quantitative estimate of drug-likeness (QED) is 0.675. The fourth-order valence-corrected chi connectivity index (χ4v) is 3.83. The molecule has 2 N–H and O–H groups in total. The van der Waals surface area contributed by atoms with Crippen LogP contribution in [0.2, 0.25) is 0 Å². The first kappa shape index (κ1) is 11.6. The Morgan fingerprint density at radius 2 is 1.73 bits per heavy atom. The lowest BCUT2D eigenvalue weighted by Crippen LogP contribution is -2.51. The molecule has 0 bridgehead atoms. The summed E-state index contributed by atoms with van der Waals surface area (Å²) in [5.74, 6) is 1.70. The van der Waals surface area contributed by atoms with Gasteiger partial charge in [0.1, 0.15) is 0 Å². The molecule has 2 fully saturated rings. The summed E-state index contributed by atoms with van der Waals surface area (Å²) in [5, 5.41) is 0. The lowest BCUT2D eigenvalue weighted by molar-refractivity contribution is 0.177. The van der Waals surface area contributed by atoms with E-state index >= 15 is 0 Å². The second kappa shape index (κ2) is 5.41. The van der Waals surface area contributed by atoms with Crippen molar-refractivity contribution in [3.8, 4) is 0 Å². The van der Waals surface area contributed by atoms with Gasteiger partial charge in [-0.1, -0.05) is 19.3 Å². The Balaban J connectivity index is 1.92. The third-order valence-corrected chi connectivity index (χ3v) is 4.99. The normalized spacial score (nSPS) is 36.3. The Bertz CT molecular complexity index is 225. The van der Waals surface area contributed by atoms with Gasteiger partial charge in [0.05, 0.1) is 0 Å². The van der Waals surface area contributed by atoms with Crippen molar-refractivity contribution in [2.24, 2.45) is 5.73 Å². The minimum atomic E-state index is -0.563. The molecule has 1 saturated carbocycles. The van der Waals surface area contributed by atoms with Gasteiger partial charge >= 0.3 is 0 Å². The van der Waals surface area contributed by atoms with Crippen molar-refractivity contribution in [1.29, 1.82) is 0 Å². The van der Waals surface area contributed by atoms with Gasteiger partial charge in [-0.25, -0.2) is 0 Å². The van der Waals surface area contributed by atoms with Crippen molar-refractivity contribution in [3.63, 3.8) is 0 Å². The largest absolute Gasteiger partial charge is 0.326 e. The number of nitrogens with two attached hydrogens (primary N) is 1. The molecule has 4 heteroatoms. The molecule has 0 aromatic heterocycles. The van der Waals surface area contributed by atoms with Crippen LogP contribution >= 0.6 is 0 Å². The van der Waals surface area contributed by atoms with E-state index in [1.54, 1.807) is 0 Å². The third-order valence-electron chi connectivity index (χ3n) is 3.71. The average Bonchev–Trinajstić information content (AvgIpc) is 2.44. The molecule has 88 valence electrons. The second-order valence-corrected chi connectivity index (χ2v) is 6.45. The number of rotatable bonds is 1. The Morgan fingerprint density at radius 3 is 2.47 bits per heavy atom. The van der Waals surface area contributed by atoms with Crippen molar-refractivity contribution in [1.82, 2.24) is 4.90 Å². The zero-order valence-corrected chi connectivity index (χ0v) is 10.2. The molecule has 0 aromatic carbocycles. The van der Waals surface area contributed by atoms with E-state index in [0.717, 1.165) is 24.6 Å².